The van der Waals surface area contributed by atoms with E-state index in [-0.39, 0.29) is 52.2 Å². The van der Waals surface area contributed by atoms with Gasteiger partial charge in [0.1, 0.15) is 17.4 Å². The van der Waals surface area contributed by atoms with Crippen LogP contribution in [0.25, 0.3) is 16.5 Å². The first-order chi connectivity index (χ1) is 18.5. The third-order valence-electron chi connectivity index (χ3n) is 7.17. The molecule has 39 heavy (non-hydrogen) atoms. The smallest absolute Gasteiger partial charge is 0.248 e. The van der Waals surface area contributed by atoms with Crippen LogP contribution in [0.1, 0.15) is 63.7 Å². The number of hydrogen-bond acceptors (Lipinski definition) is 5. The highest BCUT2D eigenvalue weighted by atomic mass is 32.2. The largest absolute Gasteiger partial charge is 0.366 e. The number of carbonyl (C=O) groups is 3. The summed E-state index contributed by atoms with van der Waals surface area (Å²) in [4.78, 5) is 38.6. The Bertz CT molecular complexity index is 1730. The Hall–Kier alpha value is -3.92. The van der Waals surface area contributed by atoms with Gasteiger partial charge in [0.2, 0.25) is 5.91 Å². The number of nitrogens with two attached hydrogens (primary N) is 1. The molecule has 0 unspecified atom stereocenters. The minimum atomic E-state index is -3.76. The van der Waals surface area contributed by atoms with Gasteiger partial charge in [-0.2, -0.15) is 0 Å². The molecule has 0 saturated heterocycles. The standard InChI is InChI=1S/C29H26F2N2O5S/c1-2-16-12-21-24(13-23(16)31)33(14-18-11-17(29(32)36)7-10-22(18)30)28(26(35)15-39(37,38)19-8-9-19)27(21)20-5-3-4-6-25(20)34/h3-5,7,10-13,19H,2,6,8-9,14-15H2,1H3,(H2,32,36). The van der Waals surface area contributed by atoms with Gasteiger partial charge in [0, 0.05) is 34.1 Å². The summed E-state index contributed by atoms with van der Waals surface area (Å²) in [5.74, 6) is -3.92. The van der Waals surface area contributed by atoms with Crippen LogP contribution >= 0.6 is 0 Å². The highest BCUT2D eigenvalue weighted by Crippen LogP contribution is 2.38. The lowest BCUT2D eigenvalue weighted by molar-refractivity contribution is -0.113. The van der Waals surface area contributed by atoms with Crippen molar-refractivity contribution in [2.45, 2.75) is 44.4 Å². The summed E-state index contributed by atoms with van der Waals surface area (Å²) in [6.07, 6.45) is 6.20. The van der Waals surface area contributed by atoms with Gasteiger partial charge in [0.05, 0.1) is 23.0 Å². The van der Waals surface area contributed by atoms with Crippen LogP contribution < -0.4 is 5.73 Å². The van der Waals surface area contributed by atoms with E-state index in [1.54, 1.807) is 31.2 Å². The molecule has 2 aliphatic carbocycles. The van der Waals surface area contributed by atoms with Crippen molar-refractivity contribution in [2.24, 2.45) is 5.73 Å². The zero-order valence-electron chi connectivity index (χ0n) is 21.2. The second kappa shape index (κ2) is 10.00. The van der Waals surface area contributed by atoms with Crippen molar-refractivity contribution in [3.05, 3.63) is 88.1 Å². The number of ketones is 2. The number of benzene rings is 2. The molecule has 0 radical (unpaired) electrons. The number of amides is 1. The van der Waals surface area contributed by atoms with Crippen molar-refractivity contribution in [1.82, 2.24) is 4.57 Å². The van der Waals surface area contributed by atoms with E-state index in [0.29, 0.717) is 30.2 Å². The van der Waals surface area contributed by atoms with E-state index in [2.05, 4.69) is 0 Å². The molecule has 1 saturated carbocycles. The van der Waals surface area contributed by atoms with Gasteiger partial charge < -0.3 is 10.3 Å². The number of carbonyl (C=O) groups excluding carboxylic acids is 3. The maximum Gasteiger partial charge on any atom is 0.248 e. The maximum atomic E-state index is 15.1. The van der Waals surface area contributed by atoms with Crippen molar-refractivity contribution in [2.75, 3.05) is 5.75 Å². The normalized spacial score (nSPS) is 15.6. The van der Waals surface area contributed by atoms with E-state index in [9.17, 15) is 27.2 Å². The first-order valence-electron chi connectivity index (χ1n) is 12.6. The van der Waals surface area contributed by atoms with Crippen molar-refractivity contribution >= 4 is 43.8 Å². The molecule has 0 spiro atoms. The Morgan fingerprint density at radius 3 is 2.46 bits per heavy atom. The molecule has 7 nitrogen and oxygen atoms in total. The topological polar surface area (TPSA) is 116 Å². The van der Waals surface area contributed by atoms with E-state index >= 15 is 4.39 Å². The van der Waals surface area contributed by atoms with Gasteiger partial charge in [-0.3, -0.25) is 14.4 Å². The molecule has 0 aliphatic heterocycles. The van der Waals surface area contributed by atoms with Crippen LogP contribution in [0.4, 0.5) is 8.78 Å². The van der Waals surface area contributed by atoms with Gasteiger partial charge in [-0.15, -0.1) is 0 Å². The van der Waals surface area contributed by atoms with Gasteiger partial charge in [0.25, 0.3) is 0 Å². The number of Topliss-reactive ketones (excluding diaryl/α,β-unsaturated/α-hetero) is 2. The van der Waals surface area contributed by atoms with E-state index in [4.69, 9.17) is 5.73 Å². The number of rotatable bonds is 9. The lowest BCUT2D eigenvalue weighted by Gasteiger charge is -2.15. The first-order valence-corrected chi connectivity index (χ1v) is 14.3. The van der Waals surface area contributed by atoms with E-state index < -0.39 is 44.2 Å². The molecule has 1 fully saturated rings. The fraction of sp³-hybridized carbons (Fsp3) is 0.276. The highest BCUT2D eigenvalue weighted by molar-refractivity contribution is 7.93. The molecule has 1 amide bonds. The number of aryl methyl sites for hydroxylation is 1. The third-order valence-corrected chi connectivity index (χ3v) is 9.32. The summed E-state index contributed by atoms with van der Waals surface area (Å²) in [5.41, 5.74) is 6.18. The monoisotopic (exact) mass is 552 g/mol. The predicted octanol–water partition coefficient (Wildman–Crippen LogP) is 4.30. The van der Waals surface area contributed by atoms with Crippen LogP contribution in [-0.2, 0) is 27.6 Å². The average molecular weight is 553 g/mol. The Morgan fingerprint density at radius 2 is 1.82 bits per heavy atom. The first kappa shape index (κ1) is 26.7. The molecule has 3 aromatic rings. The number of allylic oxidation sites excluding steroid dienone is 4. The van der Waals surface area contributed by atoms with Crippen LogP contribution in [0.5, 0.6) is 0 Å². The fourth-order valence-electron chi connectivity index (χ4n) is 4.99. The fourth-order valence-corrected chi connectivity index (χ4v) is 6.58. The summed E-state index contributed by atoms with van der Waals surface area (Å²) in [5, 5.41) is -0.225. The number of hydrogen-bond donors (Lipinski definition) is 1. The average Bonchev–Trinajstić information content (AvgIpc) is 3.70. The summed E-state index contributed by atoms with van der Waals surface area (Å²) >= 11 is 0. The summed E-state index contributed by atoms with van der Waals surface area (Å²) in [6.45, 7) is 1.42. The molecule has 0 bridgehead atoms. The van der Waals surface area contributed by atoms with Crippen molar-refractivity contribution < 1.29 is 31.6 Å². The van der Waals surface area contributed by atoms with Crippen LogP contribution in [0.15, 0.2) is 48.6 Å². The SMILES string of the molecule is CCc1cc2c(C3=CC=CCC3=O)c(C(=O)CS(=O)(=O)C3CC3)n(Cc3cc(C(N)=O)ccc3F)c2cc1F. The van der Waals surface area contributed by atoms with Crippen LogP contribution in [0.3, 0.4) is 0 Å². The van der Waals surface area contributed by atoms with E-state index in [1.807, 2.05) is 0 Å². The lowest BCUT2D eigenvalue weighted by Crippen LogP contribution is -2.24. The van der Waals surface area contributed by atoms with Gasteiger partial charge in [-0.05, 0) is 55.2 Å². The Morgan fingerprint density at radius 1 is 1.08 bits per heavy atom. The van der Waals surface area contributed by atoms with Gasteiger partial charge in [-0.25, -0.2) is 17.2 Å². The summed E-state index contributed by atoms with van der Waals surface area (Å²) in [6, 6.07) is 6.28. The summed E-state index contributed by atoms with van der Waals surface area (Å²) < 4.78 is 57.1. The van der Waals surface area contributed by atoms with E-state index in [1.165, 1.54) is 22.8 Å². The number of halogens is 2. The minimum absolute atomic E-state index is 0.0160. The quantitative estimate of drug-likeness (QED) is 0.398. The molecule has 5 rings (SSSR count). The molecular weight excluding hydrogens is 526 g/mol. The Kier molecular flexibility index (Phi) is 6.84. The summed E-state index contributed by atoms with van der Waals surface area (Å²) in [7, 11) is -3.76. The van der Waals surface area contributed by atoms with Gasteiger partial charge >= 0.3 is 0 Å². The number of fused-ring (bicyclic) bond motifs is 1. The van der Waals surface area contributed by atoms with Crippen molar-refractivity contribution in [3.8, 4) is 0 Å². The molecule has 0 atom stereocenters. The Labute approximate surface area is 223 Å². The van der Waals surface area contributed by atoms with Crippen molar-refractivity contribution in [3.63, 3.8) is 0 Å². The molecule has 2 N–H and O–H groups in total. The molecule has 1 aromatic heterocycles. The number of sulfone groups is 1. The molecule has 2 aliphatic rings. The number of primary amides is 1. The van der Waals surface area contributed by atoms with Gasteiger partial charge in [0.15, 0.2) is 21.4 Å². The zero-order chi connectivity index (χ0) is 28.1. The molecule has 2 aromatic carbocycles. The Balaban J connectivity index is 1.82. The lowest BCUT2D eigenvalue weighted by atomic mass is 9.92. The second-order valence-electron chi connectivity index (χ2n) is 9.86. The molecule has 202 valence electrons. The van der Waals surface area contributed by atoms with Crippen LogP contribution in [-0.4, -0.2) is 41.5 Å². The zero-order valence-corrected chi connectivity index (χ0v) is 22.0. The second-order valence-corrected chi connectivity index (χ2v) is 12.1. The predicted molar refractivity (Wildman–Crippen MR) is 143 cm³/mol. The maximum absolute atomic E-state index is 15.1. The number of aromatic nitrogens is 1. The number of nitrogens with zero attached hydrogens (tertiary/aromatic N) is 1. The minimum Gasteiger partial charge on any atom is -0.366 e. The third kappa shape index (κ3) is 4.96. The molecule has 1 heterocycles. The molecular formula is C29H26F2N2O5S. The molecule has 10 heteroatoms. The highest BCUT2D eigenvalue weighted by Gasteiger charge is 2.39. The van der Waals surface area contributed by atoms with Gasteiger partial charge in [-0.1, -0.05) is 25.2 Å². The van der Waals surface area contributed by atoms with Crippen LogP contribution in [0, 0.1) is 11.6 Å². The van der Waals surface area contributed by atoms with E-state index in [0.717, 1.165) is 6.07 Å². The van der Waals surface area contributed by atoms with Crippen LogP contribution in [0.2, 0.25) is 0 Å². The van der Waals surface area contributed by atoms with Crippen molar-refractivity contribution in [1.29, 1.82) is 0 Å².